The molecule has 1 rings (SSSR count). The third-order valence-corrected chi connectivity index (χ3v) is 2.21. The van der Waals surface area contributed by atoms with E-state index in [0.717, 1.165) is 19.3 Å². The Hall–Kier alpha value is -0.140. The average Bonchev–Trinajstić information content (AvgIpc) is 1.60. The molecule has 0 aliphatic heterocycles. The van der Waals surface area contributed by atoms with E-state index in [1.165, 1.54) is 0 Å². The third kappa shape index (κ3) is 1.63. The molecular weight excluding hydrogens is 122 g/mol. The Morgan fingerprint density at radius 2 is 2.00 bits per heavy atom. The van der Waals surface area contributed by atoms with Crippen LogP contribution in [0.3, 0.4) is 0 Å². The predicted molar refractivity (Wildman–Crippen MR) is 32.6 cm³/mol. The lowest BCUT2D eigenvalue weighted by molar-refractivity contribution is 0.0360. The molecule has 1 aliphatic carbocycles. The molecule has 0 spiro atoms. The van der Waals surface area contributed by atoms with Crippen LogP contribution in [-0.4, -0.2) is 6.43 Å². The first-order chi connectivity index (χ1) is 4.12. The lowest BCUT2D eigenvalue weighted by atomic mass is 9.68. The summed E-state index contributed by atoms with van der Waals surface area (Å²) in [6.45, 7) is 1.95. The minimum absolute atomic E-state index is 0.00579. The van der Waals surface area contributed by atoms with Crippen LogP contribution in [0.5, 0.6) is 0 Å². The summed E-state index contributed by atoms with van der Waals surface area (Å²) in [6.07, 6.45) is 1.14. The summed E-state index contributed by atoms with van der Waals surface area (Å²) in [5.74, 6) is 0. The number of halogens is 2. The maximum absolute atomic E-state index is 11.8. The highest BCUT2D eigenvalue weighted by molar-refractivity contribution is 4.83. The molecule has 0 aromatic rings. The van der Waals surface area contributed by atoms with Crippen LogP contribution in [0.1, 0.15) is 32.6 Å². The molecule has 0 unspecified atom stereocenters. The highest BCUT2D eigenvalue weighted by atomic mass is 19.3. The van der Waals surface area contributed by atoms with E-state index >= 15 is 0 Å². The molecule has 0 amide bonds. The second kappa shape index (κ2) is 2.24. The molecule has 1 saturated carbocycles. The fourth-order valence-corrected chi connectivity index (χ4v) is 1.36. The van der Waals surface area contributed by atoms with Gasteiger partial charge in [-0.1, -0.05) is 13.3 Å². The third-order valence-electron chi connectivity index (χ3n) is 2.21. The van der Waals surface area contributed by atoms with Gasteiger partial charge in [0.2, 0.25) is 6.43 Å². The van der Waals surface area contributed by atoms with Crippen molar-refractivity contribution in [3.63, 3.8) is 0 Å². The molecule has 0 saturated heterocycles. The molecular formula is C7H12F2. The Labute approximate surface area is 54.3 Å². The molecule has 0 nitrogen and oxygen atoms in total. The highest BCUT2D eigenvalue weighted by Crippen LogP contribution is 2.44. The molecule has 1 aliphatic rings. The van der Waals surface area contributed by atoms with E-state index < -0.39 is 6.43 Å². The Morgan fingerprint density at radius 1 is 1.44 bits per heavy atom. The molecule has 1 fully saturated rings. The highest BCUT2D eigenvalue weighted by Gasteiger charge is 2.34. The van der Waals surface area contributed by atoms with E-state index in [-0.39, 0.29) is 11.8 Å². The van der Waals surface area contributed by atoms with Crippen LogP contribution >= 0.6 is 0 Å². The van der Waals surface area contributed by atoms with Crippen LogP contribution in [0.2, 0.25) is 0 Å². The Morgan fingerprint density at radius 3 is 2.11 bits per heavy atom. The summed E-state index contributed by atoms with van der Waals surface area (Å²) >= 11 is 0. The molecule has 0 aromatic carbocycles. The Bertz CT molecular complexity index is 95.1. The first-order valence-corrected chi connectivity index (χ1v) is 3.41. The van der Waals surface area contributed by atoms with E-state index in [2.05, 4.69) is 0 Å². The monoisotopic (exact) mass is 134 g/mol. The summed E-state index contributed by atoms with van der Waals surface area (Å²) in [6, 6.07) is 0. The SMILES string of the molecule is CC1(CC(F)F)CCC1. The largest absolute Gasteiger partial charge is 0.239 e. The van der Waals surface area contributed by atoms with Crippen LogP contribution in [0, 0.1) is 5.41 Å². The summed E-state index contributed by atoms with van der Waals surface area (Å²) in [5, 5.41) is 0. The van der Waals surface area contributed by atoms with Gasteiger partial charge in [0.25, 0.3) is 0 Å². The maximum Gasteiger partial charge on any atom is 0.239 e. The average molecular weight is 134 g/mol. The normalized spacial score (nSPS) is 24.0. The zero-order valence-electron chi connectivity index (χ0n) is 5.66. The second-order valence-corrected chi connectivity index (χ2v) is 3.26. The molecule has 0 heterocycles. The quantitative estimate of drug-likeness (QED) is 0.544. The summed E-state index contributed by atoms with van der Waals surface area (Å²) in [5.41, 5.74) is -0.00579. The molecule has 0 aromatic heterocycles. The van der Waals surface area contributed by atoms with Crippen molar-refractivity contribution < 1.29 is 8.78 Å². The van der Waals surface area contributed by atoms with Gasteiger partial charge >= 0.3 is 0 Å². The van der Waals surface area contributed by atoms with Crippen LogP contribution in [0.4, 0.5) is 8.78 Å². The van der Waals surface area contributed by atoms with Crippen LogP contribution in [0.15, 0.2) is 0 Å². The van der Waals surface area contributed by atoms with Gasteiger partial charge in [-0.05, 0) is 18.3 Å². The fraction of sp³-hybridized carbons (Fsp3) is 1.00. The van der Waals surface area contributed by atoms with Gasteiger partial charge < -0.3 is 0 Å². The number of rotatable bonds is 2. The van der Waals surface area contributed by atoms with Gasteiger partial charge in [0.05, 0.1) is 0 Å². The van der Waals surface area contributed by atoms with Crippen molar-refractivity contribution in [1.82, 2.24) is 0 Å². The number of hydrogen-bond acceptors (Lipinski definition) is 0. The maximum atomic E-state index is 11.8. The van der Waals surface area contributed by atoms with Crippen molar-refractivity contribution >= 4 is 0 Å². The number of hydrogen-bond donors (Lipinski definition) is 0. The van der Waals surface area contributed by atoms with E-state index in [0.29, 0.717) is 0 Å². The van der Waals surface area contributed by atoms with Gasteiger partial charge in [0.15, 0.2) is 0 Å². The first-order valence-electron chi connectivity index (χ1n) is 3.41. The van der Waals surface area contributed by atoms with Crippen molar-refractivity contribution in [2.24, 2.45) is 5.41 Å². The minimum atomic E-state index is -2.10. The fourth-order valence-electron chi connectivity index (χ4n) is 1.36. The summed E-state index contributed by atoms with van der Waals surface area (Å²) < 4.78 is 23.5. The smallest absolute Gasteiger partial charge is 0.211 e. The van der Waals surface area contributed by atoms with Crippen LogP contribution < -0.4 is 0 Å². The lowest BCUT2D eigenvalue weighted by Gasteiger charge is -2.38. The second-order valence-electron chi connectivity index (χ2n) is 3.26. The van der Waals surface area contributed by atoms with Crippen LogP contribution in [0.25, 0.3) is 0 Å². The zero-order valence-corrected chi connectivity index (χ0v) is 5.66. The van der Waals surface area contributed by atoms with Crippen molar-refractivity contribution in [3.05, 3.63) is 0 Å². The zero-order chi connectivity index (χ0) is 6.91. The standard InChI is InChI=1S/C7H12F2/c1-7(3-2-4-7)5-6(8)9/h6H,2-5H2,1H3. The molecule has 54 valence electrons. The molecule has 0 N–H and O–H groups in total. The van der Waals surface area contributed by atoms with Gasteiger partial charge in [-0.25, -0.2) is 8.78 Å². The topological polar surface area (TPSA) is 0 Å². The molecule has 0 atom stereocenters. The molecule has 2 heteroatoms. The lowest BCUT2D eigenvalue weighted by Crippen LogP contribution is -2.27. The first kappa shape index (κ1) is 6.97. The van der Waals surface area contributed by atoms with E-state index in [1.807, 2.05) is 6.92 Å². The van der Waals surface area contributed by atoms with Gasteiger partial charge in [-0.15, -0.1) is 0 Å². The number of alkyl halides is 2. The van der Waals surface area contributed by atoms with Gasteiger partial charge in [-0.2, -0.15) is 0 Å². The van der Waals surface area contributed by atoms with Gasteiger partial charge in [-0.3, -0.25) is 0 Å². The molecule has 9 heavy (non-hydrogen) atoms. The Balaban J connectivity index is 2.24. The van der Waals surface area contributed by atoms with E-state index in [4.69, 9.17) is 0 Å². The van der Waals surface area contributed by atoms with Gasteiger partial charge in [0.1, 0.15) is 0 Å². The summed E-state index contributed by atoms with van der Waals surface area (Å²) in [4.78, 5) is 0. The minimum Gasteiger partial charge on any atom is -0.211 e. The van der Waals surface area contributed by atoms with E-state index in [9.17, 15) is 8.78 Å². The van der Waals surface area contributed by atoms with Crippen molar-refractivity contribution in [3.8, 4) is 0 Å². The van der Waals surface area contributed by atoms with E-state index in [1.54, 1.807) is 0 Å². The van der Waals surface area contributed by atoms with Crippen LogP contribution in [-0.2, 0) is 0 Å². The van der Waals surface area contributed by atoms with Gasteiger partial charge in [0, 0.05) is 6.42 Å². The summed E-state index contributed by atoms with van der Waals surface area (Å²) in [7, 11) is 0. The van der Waals surface area contributed by atoms with Crippen molar-refractivity contribution in [1.29, 1.82) is 0 Å². The molecule has 0 radical (unpaired) electrons. The van der Waals surface area contributed by atoms with Crippen molar-refractivity contribution in [2.45, 2.75) is 39.0 Å². The molecule has 0 bridgehead atoms. The Kier molecular flexibility index (Phi) is 1.73. The predicted octanol–water partition coefficient (Wildman–Crippen LogP) is 2.83. The van der Waals surface area contributed by atoms with Crippen molar-refractivity contribution in [2.75, 3.05) is 0 Å².